The molecule has 0 aromatic rings. The van der Waals surface area contributed by atoms with Crippen molar-refractivity contribution in [1.29, 1.82) is 0 Å². The quantitative estimate of drug-likeness (QED) is 0.456. The molecular formula is C6H12N2. The Kier molecular flexibility index (Phi) is 1.61. The molecule has 1 unspecified atom stereocenters. The summed E-state index contributed by atoms with van der Waals surface area (Å²) in [6, 6.07) is 0. The molecule has 0 aromatic heterocycles. The maximum Gasteiger partial charge on any atom is 0.0627 e. The van der Waals surface area contributed by atoms with E-state index < -0.39 is 0 Å². The number of hydrogen-bond acceptors (Lipinski definition) is 2. The van der Waals surface area contributed by atoms with Crippen molar-refractivity contribution in [2.75, 3.05) is 13.1 Å². The van der Waals surface area contributed by atoms with Crippen molar-refractivity contribution in [1.82, 2.24) is 0 Å². The van der Waals surface area contributed by atoms with E-state index in [4.69, 9.17) is 0 Å². The standard InChI is InChI=1S/C6H12N2/c1-5-3-7-8-4-6(5)2/h5-6H,3-4H2,1-2H3/t5-,6?/m1/s1. The first-order valence-electron chi connectivity index (χ1n) is 3.14. The van der Waals surface area contributed by atoms with E-state index in [9.17, 15) is 0 Å². The van der Waals surface area contributed by atoms with Gasteiger partial charge in [-0.25, -0.2) is 0 Å². The van der Waals surface area contributed by atoms with Crippen molar-refractivity contribution in [3.05, 3.63) is 0 Å². The summed E-state index contributed by atoms with van der Waals surface area (Å²) in [6.45, 7) is 6.31. The molecule has 46 valence electrons. The van der Waals surface area contributed by atoms with Gasteiger partial charge in [-0.3, -0.25) is 0 Å². The molecule has 0 N–H and O–H groups in total. The van der Waals surface area contributed by atoms with Crippen LogP contribution in [0.2, 0.25) is 0 Å². The molecule has 2 heteroatoms. The zero-order valence-corrected chi connectivity index (χ0v) is 5.46. The summed E-state index contributed by atoms with van der Waals surface area (Å²) in [7, 11) is 0. The fourth-order valence-corrected chi connectivity index (χ4v) is 0.733. The van der Waals surface area contributed by atoms with Crippen molar-refractivity contribution in [3.8, 4) is 0 Å². The first kappa shape index (κ1) is 5.73. The lowest BCUT2D eigenvalue weighted by Crippen LogP contribution is -2.17. The minimum atomic E-state index is 0.743. The van der Waals surface area contributed by atoms with Crippen LogP contribution < -0.4 is 0 Å². The number of rotatable bonds is 0. The Bertz CT molecular complexity index is 86.7. The van der Waals surface area contributed by atoms with E-state index in [-0.39, 0.29) is 0 Å². The molecule has 2 nitrogen and oxygen atoms in total. The fourth-order valence-electron chi connectivity index (χ4n) is 0.733. The average molecular weight is 112 g/mol. The Morgan fingerprint density at radius 2 is 1.38 bits per heavy atom. The van der Waals surface area contributed by atoms with E-state index in [1.165, 1.54) is 0 Å². The van der Waals surface area contributed by atoms with E-state index >= 15 is 0 Å². The van der Waals surface area contributed by atoms with E-state index in [2.05, 4.69) is 24.1 Å². The van der Waals surface area contributed by atoms with Gasteiger partial charge in [-0.15, -0.1) is 0 Å². The summed E-state index contributed by atoms with van der Waals surface area (Å²) in [5.74, 6) is 1.49. The highest BCUT2D eigenvalue weighted by Gasteiger charge is 2.13. The van der Waals surface area contributed by atoms with E-state index in [1.807, 2.05) is 0 Å². The van der Waals surface area contributed by atoms with Gasteiger partial charge in [0.15, 0.2) is 0 Å². The minimum Gasteiger partial charge on any atom is -0.194 e. The maximum atomic E-state index is 3.93. The summed E-state index contributed by atoms with van der Waals surface area (Å²) in [6.07, 6.45) is 0. The summed E-state index contributed by atoms with van der Waals surface area (Å²) in [5, 5.41) is 7.87. The Balaban J connectivity index is 2.44. The average Bonchev–Trinajstić information content (AvgIpc) is 1.77. The number of hydrogen-bond donors (Lipinski definition) is 0. The summed E-state index contributed by atoms with van der Waals surface area (Å²) in [4.78, 5) is 0. The van der Waals surface area contributed by atoms with Crippen molar-refractivity contribution in [3.63, 3.8) is 0 Å². The summed E-state index contributed by atoms with van der Waals surface area (Å²) < 4.78 is 0. The molecule has 1 aliphatic rings. The van der Waals surface area contributed by atoms with Gasteiger partial charge in [-0.2, -0.15) is 10.2 Å². The SMILES string of the molecule is CC1CN=NC[C@H]1C. The van der Waals surface area contributed by atoms with Gasteiger partial charge in [0.05, 0.1) is 13.1 Å². The van der Waals surface area contributed by atoms with Crippen LogP contribution in [0.25, 0.3) is 0 Å². The Morgan fingerprint density at radius 3 is 1.62 bits per heavy atom. The number of nitrogens with zero attached hydrogens (tertiary/aromatic N) is 2. The second kappa shape index (κ2) is 2.25. The predicted molar refractivity (Wildman–Crippen MR) is 32.9 cm³/mol. The molecule has 0 amide bonds. The lowest BCUT2D eigenvalue weighted by atomic mass is 9.96. The molecule has 1 aliphatic heterocycles. The van der Waals surface area contributed by atoms with Crippen molar-refractivity contribution >= 4 is 0 Å². The topological polar surface area (TPSA) is 24.7 Å². The van der Waals surface area contributed by atoms with Gasteiger partial charge >= 0.3 is 0 Å². The largest absolute Gasteiger partial charge is 0.194 e. The third-order valence-electron chi connectivity index (χ3n) is 1.81. The van der Waals surface area contributed by atoms with Crippen LogP contribution in [0.15, 0.2) is 10.2 Å². The van der Waals surface area contributed by atoms with Gasteiger partial charge in [-0.05, 0) is 11.8 Å². The van der Waals surface area contributed by atoms with E-state index in [1.54, 1.807) is 0 Å². The highest BCUT2D eigenvalue weighted by molar-refractivity contribution is 4.68. The Labute approximate surface area is 50.0 Å². The fraction of sp³-hybridized carbons (Fsp3) is 1.00. The lowest BCUT2D eigenvalue weighted by Gasteiger charge is -2.18. The molecule has 0 spiro atoms. The van der Waals surface area contributed by atoms with Gasteiger partial charge in [0.25, 0.3) is 0 Å². The van der Waals surface area contributed by atoms with Crippen LogP contribution in [0.1, 0.15) is 13.8 Å². The highest BCUT2D eigenvalue weighted by Crippen LogP contribution is 2.15. The van der Waals surface area contributed by atoms with Crippen LogP contribution in [-0.2, 0) is 0 Å². The van der Waals surface area contributed by atoms with Crippen LogP contribution >= 0.6 is 0 Å². The van der Waals surface area contributed by atoms with Gasteiger partial charge < -0.3 is 0 Å². The van der Waals surface area contributed by atoms with Gasteiger partial charge in [-0.1, -0.05) is 13.8 Å². The third kappa shape index (κ3) is 1.05. The molecule has 0 aliphatic carbocycles. The summed E-state index contributed by atoms with van der Waals surface area (Å²) in [5.41, 5.74) is 0. The van der Waals surface area contributed by atoms with Gasteiger partial charge in [0.2, 0.25) is 0 Å². The molecular weight excluding hydrogens is 100 g/mol. The molecule has 1 rings (SSSR count). The van der Waals surface area contributed by atoms with E-state index in [0.29, 0.717) is 0 Å². The highest BCUT2D eigenvalue weighted by atomic mass is 15.1. The van der Waals surface area contributed by atoms with Crippen LogP contribution in [-0.4, -0.2) is 13.1 Å². The van der Waals surface area contributed by atoms with Crippen molar-refractivity contribution < 1.29 is 0 Å². The molecule has 0 saturated heterocycles. The van der Waals surface area contributed by atoms with Crippen molar-refractivity contribution in [2.45, 2.75) is 13.8 Å². The smallest absolute Gasteiger partial charge is 0.0627 e. The van der Waals surface area contributed by atoms with Crippen LogP contribution in [0.4, 0.5) is 0 Å². The molecule has 0 radical (unpaired) electrons. The molecule has 0 fully saturated rings. The van der Waals surface area contributed by atoms with Gasteiger partial charge in [0.1, 0.15) is 0 Å². The molecule has 8 heavy (non-hydrogen) atoms. The van der Waals surface area contributed by atoms with Gasteiger partial charge in [0, 0.05) is 0 Å². The molecule has 0 aromatic carbocycles. The molecule has 1 heterocycles. The van der Waals surface area contributed by atoms with Crippen molar-refractivity contribution in [2.24, 2.45) is 22.1 Å². The molecule has 0 saturated carbocycles. The van der Waals surface area contributed by atoms with Crippen LogP contribution in [0.5, 0.6) is 0 Å². The second-order valence-electron chi connectivity index (χ2n) is 2.60. The molecule has 2 atom stereocenters. The monoisotopic (exact) mass is 112 g/mol. The van der Waals surface area contributed by atoms with Crippen LogP contribution in [0.3, 0.4) is 0 Å². The zero-order valence-electron chi connectivity index (χ0n) is 5.46. The first-order valence-corrected chi connectivity index (χ1v) is 3.14. The predicted octanol–water partition coefficient (Wildman–Crippen LogP) is 1.72. The zero-order chi connectivity index (χ0) is 5.98. The third-order valence-corrected chi connectivity index (χ3v) is 1.81. The maximum absolute atomic E-state index is 3.93. The molecule has 0 bridgehead atoms. The van der Waals surface area contributed by atoms with E-state index in [0.717, 1.165) is 24.9 Å². The van der Waals surface area contributed by atoms with Crippen LogP contribution in [0, 0.1) is 11.8 Å². The number of azo groups is 1. The minimum absolute atomic E-state index is 0.743. The Morgan fingerprint density at radius 1 is 1.00 bits per heavy atom. The lowest BCUT2D eigenvalue weighted by molar-refractivity contribution is 0.363. The Hall–Kier alpha value is -0.400. The first-order chi connectivity index (χ1) is 3.80. The summed E-state index contributed by atoms with van der Waals surface area (Å²) >= 11 is 0. The normalized spacial score (nSPS) is 37.8. The second-order valence-corrected chi connectivity index (χ2v) is 2.60.